The maximum Gasteiger partial charge on any atom is 0.0367 e. The fourth-order valence-electron chi connectivity index (χ4n) is 2.30. The molecule has 1 aromatic rings. The van der Waals surface area contributed by atoms with Gasteiger partial charge in [-0.2, -0.15) is 0 Å². The molecule has 0 aromatic heterocycles. The van der Waals surface area contributed by atoms with E-state index in [1.807, 2.05) is 0 Å². The highest BCUT2D eigenvalue weighted by Crippen LogP contribution is 2.16. The first-order valence-corrected chi connectivity index (χ1v) is 11.6. The number of unbranched alkanes of at least 4 members (excludes halogenated alkanes) is 2. The van der Waals surface area contributed by atoms with Crippen molar-refractivity contribution >= 4 is 5.69 Å². The van der Waals surface area contributed by atoms with Crippen molar-refractivity contribution in [3.63, 3.8) is 0 Å². The highest BCUT2D eigenvalue weighted by Gasteiger charge is 2.15. The van der Waals surface area contributed by atoms with Crippen LogP contribution in [0.4, 0.5) is 5.69 Å². The molecule has 0 spiro atoms. The standard InChI is InChI=1S/C14H22N2.2C4H10.C3H8/c1-3-8-15-9-11-16(12-10-15)14-6-4-13(2)5-7-14;2*1-3-4-2;1-3-2/h4-7H,3,8-12H2,1-2H3;2*3-4H2,1-2H3;3H2,1-2H3. The van der Waals surface area contributed by atoms with Gasteiger partial charge < -0.3 is 4.90 Å². The van der Waals surface area contributed by atoms with E-state index in [9.17, 15) is 0 Å². The number of hydrogen-bond acceptors (Lipinski definition) is 2. The summed E-state index contributed by atoms with van der Waals surface area (Å²) in [5.74, 6) is 0. The van der Waals surface area contributed by atoms with Crippen molar-refractivity contribution < 1.29 is 0 Å². The highest BCUT2D eigenvalue weighted by atomic mass is 15.3. The number of rotatable bonds is 5. The molecule has 1 saturated heterocycles. The second kappa shape index (κ2) is 21.3. The van der Waals surface area contributed by atoms with Gasteiger partial charge in [0.15, 0.2) is 0 Å². The van der Waals surface area contributed by atoms with Gasteiger partial charge in [-0.05, 0) is 32.0 Å². The van der Waals surface area contributed by atoms with E-state index in [0.717, 1.165) is 0 Å². The molecular formula is C25H50N2. The quantitative estimate of drug-likeness (QED) is 0.521. The summed E-state index contributed by atoms with van der Waals surface area (Å²) in [7, 11) is 0. The predicted molar refractivity (Wildman–Crippen MR) is 127 cm³/mol. The Morgan fingerprint density at radius 2 is 1.04 bits per heavy atom. The topological polar surface area (TPSA) is 6.48 Å². The van der Waals surface area contributed by atoms with Crippen LogP contribution in [-0.4, -0.2) is 37.6 Å². The van der Waals surface area contributed by atoms with Gasteiger partial charge in [0.05, 0.1) is 0 Å². The minimum Gasteiger partial charge on any atom is -0.369 e. The SMILES string of the molecule is CCC.CCCC.CCCC.CCCN1CCN(c2ccc(C)cc2)CC1. The van der Waals surface area contributed by atoms with Crippen LogP contribution in [0.25, 0.3) is 0 Å². The molecule has 0 aliphatic carbocycles. The summed E-state index contributed by atoms with van der Waals surface area (Å²) in [4.78, 5) is 5.05. The zero-order valence-corrected chi connectivity index (χ0v) is 20.0. The molecule has 0 N–H and O–H groups in total. The fraction of sp³-hybridized carbons (Fsp3) is 0.760. The van der Waals surface area contributed by atoms with Gasteiger partial charge in [-0.3, -0.25) is 4.90 Å². The Labute approximate surface area is 172 Å². The molecule has 0 saturated carbocycles. The second-order valence-corrected chi connectivity index (χ2v) is 7.37. The van der Waals surface area contributed by atoms with E-state index < -0.39 is 0 Å². The fourth-order valence-corrected chi connectivity index (χ4v) is 2.30. The Bertz CT molecular complexity index is 370. The van der Waals surface area contributed by atoms with Crippen molar-refractivity contribution in [2.75, 3.05) is 37.6 Å². The summed E-state index contributed by atoms with van der Waals surface area (Å²) in [5.41, 5.74) is 2.72. The van der Waals surface area contributed by atoms with Crippen LogP contribution in [0.5, 0.6) is 0 Å². The summed E-state index contributed by atoms with van der Waals surface area (Å²) in [5, 5.41) is 0. The molecule has 2 rings (SSSR count). The van der Waals surface area contributed by atoms with Crippen molar-refractivity contribution in [1.82, 2.24) is 4.90 Å². The molecule has 2 heteroatoms. The molecule has 27 heavy (non-hydrogen) atoms. The molecule has 0 atom stereocenters. The molecule has 0 radical (unpaired) electrons. The lowest BCUT2D eigenvalue weighted by Crippen LogP contribution is -2.46. The Kier molecular flexibility index (Phi) is 22.2. The molecule has 0 amide bonds. The lowest BCUT2D eigenvalue weighted by molar-refractivity contribution is 0.258. The van der Waals surface area contributed by atoms with Crippen LogP contribution in [0.1, 0.15) is 92.6 Å². The largest absolute Gasteiger partial charge is 0.369 e. The van der Waals surface area contributed by atoms with E-state index in [4.69, 9.17) is 0 Å². The zero-order valence-electron chi connectivity index (χ0n) is 20.0. The number of hydrogen-bond donors (Lipinski definition) is 0. The number of nitrogens with zero attached hydrogens (tertiary/aromatic N) is 2. The molecular weight excluding hydrogens is 328 g/mol. The van der Waals surface area contributed by atoms with Gasteiger partial charge in [-0.1, -0.05) is 98.3 Å². The maximum atomic E-state index is 2.56. The summed E-state index contributed by atoms with van der Waals surface area (Å²) in [6.07, 6.45) is 7.80. The van der Waals surface area contributed by atoms with Gasteiger partial charge in [0.2, 0.25) is 0 Å². The monoisotopic (exact) mass is 378 g/mol. The van der Waals surface area contributed by atoms with Crippen LogP contribution in [-0.2, 0) is 0 Å². The first-order valence-electron chi connectivity index (χ1n) is 11.6. The third kappa shape index (κ3) is 16.8. The van der Waals surface area contributed by atoms with Gasteiger partial charge in [0.1, 0.15) is 0 Å². The van der Waals surface area contributed by atoms with E-state index >= 15 is 0 Å². The molecule has 1 heterocycles. The van der Waals surface area contributed by atoms with Gasteiger partial charge in [-0.15, -0.1) is 0 Å². The van der Waals surface area contributed by atoms with Crippen LogP contribution in [0, 0.1) is 6.92 Å². The minimum absolute atomic E-state index is 1.17. The van der Waals surface area contributed by atoms with E-state index in [-0.39, 0.29) is 0 Å². The highest BCUT2D eigenvalue weighted by molar-refractivity contribution is 5.47. The normalized spacial score (nSPS) is 13.4. The average molecular weight is 379 g/mol. The molecule has 2 nitrogen and oxygen atoms in total. The van der Waals surface area contributed by atoms with Crippen LogP contribution in [0.3, 0.4) is 0 Å². The first kappa shape index (κ1) is 28.2. The maximum absolute atomic E-state index is 2.56. The molecule has 0 bridgehead atoms. The lowest BCUT2D eigenvalue weighted by Gasteiger charge is -2.36. The molecule has 1 aliphatic rings. The van der Waals surface area contributed by atoms with E-state index in [1.54, 1.807) is 0 Å². The zero-order chi connectivity index (χ0) is 20.9. The summed E-state index contributed by atoms with van der Waals surface area (Å²) < 4.78 is 0. The number of piperazine rings is 1. The van der Waals surface area contributed by atoms with Crippen molar-refractivity contribution in [2.45, 2.75) is 93.9 Å². The van der Waals surface area contributed by atoms with Crippen molar-refractivity contribution in [1.29, 1.82) is 0 Å². The van der Waals surface area contributed by atoms with E-state index in [1.165, 1.54) is 82.5 Å². The predicted octanol–water partition coefficient (Wildman–Crippen LogP) is 7.56. The van der Waals surface area contributed by atoms with Gasteiger partial charge in [0.25, 0.3) is 0 Å². The van der Waals surface area contributed by atoms with Crippen molar-refractivity contribution in [2.24, 2.45) is 0 Å². The van der Waals surface area contributed by atoms with Crippen LogP contribution in [0.2, 0.25) is 0 Å². The average Bonchev–Trinajstić information content (AvgIpc) is 2.70. The third-order valence-electron chi connectivity index (χ3n) is 4.31. The number of anilines is 1. The van der Waals surface area contributed by atoms with Crippen LogP contribution < -0.4 is 4.90 Å². The molecule has 1 aromatic carbocycles. The van der Waals surface area contributed by atoms with Crippen molar-refractivity contribution in [3.05, 3.63) is 29.8 Å². The van der Waals surface area contributed by atoms with Gasteiger partial charge in [-0.25, -0.2) is 0 Å². The molecule has 0 unspecified atom stereocenters. The summed E-state index contributed by atoms with van der Waals surface area (Å²) >= 11 is 0. The lowest BCUT2D eigenvalue weighted by atomic mass is 10.2. The van der Waals surface area contributed by atoms with Crippen LogP contribution >= 0.6 is 0 Å². The summed E-state index contributed by atoms with van der Waals surface area (Å²) in [6, 6.07) is 8.89. The smallest absolute Gasteiger partial charge is 0.0367 e. The first-order chi connectivity index (χ1) is 13.0. The Morgan fingerprint density at radius 1 is 0.630 bits per heavy atom. The van der Waals surface area contributed by atoms with Crippen LogP contribution in [0.15, 0.2) is 24.3 Å². The number of aryl methyl sites for hydroxylation is 1. The Morgan fingerprint density at radius 3 is 1.37 bits per heavy atom. The molecule has 160 valence electrons. The molecule has 1 fully saturated rings. The van der Waals surface area contributed by atoms with E-state index in [0.29, 0.717) is 0 Å². The second-order valence-electron chi connectivity index (χ2n) is 7.37. The third-order valence-corrected chi connectivity index (χ3v) is 4.31. The van der Waals surface area contributed by atoms with E-state index in [2.05, 4.69) is 89.5 Å². The minimum atomic E-state index is 1.17. The Hall–Kier alpha value is -1.02. The van der Waals surface area contributed by atoms with Gasteiger partial charge >= 0.3 is 0 Å². The van der Waals surface area contributed by atoms with Crippen molar-refractivity contribution in [3.8, 4) is 0 Å². The molecule has 1 aliphatic heterocycles. The summed E-state index contributed by atoms with van der Waals surface area (Å²) in [6.45, 7) is 23.4. The number of benzene rings is 1. The Balaban J connectivity index is 0. The van der Waals surface area contributed by atoms with Gasteiger partial charge in [0, 0.05) is 31.9 Å².